The highest BCUT2D eigenvalue weighted by Gasteiger charge is 2.30. The summed E-state index contributed by atoms with van der Waals surface area (Å²) in [6.07, 6.45) is 5.90. The molecule has 0 unspecified atom stereocenters. The van der Waals surface area contributed by atoms with Crippen molar-refractivity contribution in [3.05, 3.63) is 66.1 Å². The summed E-state index contributed by atoms with van der Waals surface area (Å²) in [5.74, 6) is -0.986. The van der Waals surface area contributed by atoms with E-state index in [0.29, 0.717) is 35.3 Å². The highest BCUT2D eigenvalue weighted by molar-refractivity contribution is 5.87. The lowest BCUT2D eigenvalue weighted by Crippen LogP contribution is -2.21. The van der Waals surface area contributed by atoms with Crippen molar-refractivity contribution in [1.29, 1.82) is 0 Å². The lowest BCUT2D eigenvalue weighted by Gasteiger charge is -2.26. The molecule has 1 aromatic carbocycles. The Morgan fingerprint density at radius 2 is 1.91 bits per heavy atom. The van der Waals surface area contributed by atoms with Gasteiger partial charge in [-0.2, -0.15) is 14.7 Å². The van der Waals surface area contributed by atoms with Crippen LogP contribution in [0.5, 0.6) is 0 Å². The van der Waals surface area contributed by atoms with Crippen molar-refractivity contribution in [2.75, 3.05) is 0 Å². The zero-order valence-corrected chi connectivity index (χ0v) is 18.4. The van der Waals surface area contributed by atoms with Gasteiger partial charge in [0.2, 0.25) is 0 Å². The molecule has 34 heavy (non-hydrogen) atoms. The maximum atomic E-state index is 11.5. The van der Waals surface area contributed by atoms with Crippen LogP contribution in [-0.4, -0.2) is 40.9 Å². The number of benzene rings is 1. The topological polar surface area (TPSA) is 109 Å². The molecule has 0 radical (unpaired) electrons. The minimum atomic E-state index is -0.751. The molecule has 1 saturated carbocycles. The zero-order valence-electron chi connectivity index (χ0n) is 23.4. The fourth-order valence-electron chi connectivity index (χ4n) is 4.86. The highest BCUT2D eigenvalue weighted by Crippen LogP contribution is 2.39. The Hall–Kier alpha value is -4.07. The molecule has 0 bridgehead atoms. The van der Waals surface area contributed by atoms with Gasteiger partial charge in [0.25, 0.3) is 0 Å². The molecule has 4 aromatic heterocycles. The molecule has 170 valence electrons. The highest BCUT2D eigenvalue weighted by atomic mass is 16.4. The number of carboxylic acid groups (broad SMARTS) is 1. The van der Waals surface area contributed by atoms with Crippen LogP contribution in [0.15, 0.2) is 54.7 Å². The van der Waals surface area contributed by atoms with Crippen LogP contribution in [0.1, 0.15) is 49.8 Å². The van der Waals surface area contributed by atoms with Crippen LogP contribution < -0.4 is 0 Å². The predicted octanol–water partition coefficient (Wildman–Crippen LogP) is 5.00. The van der Waals surface area contributed by atoms with Crippen LogP contribution in [0, 0.1) is 12.8 Å². The molecule has 0 amide bonds. The van der Waals surface area contributed by atoms with E-state index in [4.69, 9.17) is 11.8 Å². The molecule has 0 saturated heterocycles. The molecule has 1 aliphatic rings. The third kappa shape index (κ3) is 3.34. The first-order valence-corrected chi connectivity index (χ1v) is 11.2. The van der Waals surface area contributed by atoms with Crippen LogP contribution in [-0.2, 0) is 4.79 Å². The summed E-state index contributed by atoms with van der Waals surface area (Å²) >= 11 is 0. The van der Waals surface area contributed by atoms with Crippen molar-refractivity contribution < 1.29 is 16.8 Å². The quantitative estimate of drug-likeness (QED) is 0.393. The maximum Gasteiger partial charge on any atom is 0.306 e. The molecule has 5 aromatic rings. The molecule has 8 heteroatoms. The number of H-pyrrole nitrogens is 1. The average Bonchev–Trinajstić information content (AvgIpc) is 3.54. The van der Waals surface area contributed by atoms with Gasteiger partial charge >= 0.3 is 5.97 Å². The van der Waals surface area contributed by atoms with Crippen LogP contribution >= 0.6 is 0 Å². The number of pyridine rings is 1. The first-order chi connectivity index (χ1) is 18.7. The van der Waals surface area contributed by atoms with E-state index in [9.17, 15) is 9.90 Å². The lowest BCUT2D eigenvalue weighted by molar-refractivity contribution is -0.142. The normalized spacial score (nSPS) is 20.6. The number of nitrogens with one attached hydrogen (secondary N) is 1. The van der Waals surface area contributed by atoms with Gasteiger partial charge in [-0.15, -0.1) is 0 Å². The SMILES string of the molecule is [2H]c1c([2H])c([2H])c(-c2ccc(-c3cnn4c3nc([C@H]3CC[C@H](C(=O)O)CC3)c3c(C)n[nH]c34)cn2)c([2H])c1[2H]. The molecule has 4 heterocycles. The van der Waals surface area contributed by atoms with E-state index in [1.165, 1.54) is 0 Å². The van der Waals surface area contributed by atoms with E-state index in [2.05, 4.69) is 20.3 Å². The molecular formula is C26H24N6O2. The number of hydrogen-bond acceptors (Lipinski definition) is 5. The van der Waals surface area contributed by atoms with Gasteiger partial charge in [-0.3, -0.25) is 14.9 Å². The predicted molar refractivity (Wildman–Crippen MR) is 128 cm³/mol. The van der Waals surface area contributed by atoms with Crippen LogP contribution in [0.2, 0.25) is 0 Å². The Labute approximate surface area is 202 Å². The Balaban J connectivity index is 1.44. The molecular weight excluding hydrogens is 428 g/mol. The van der Waals surface area contributed by atoms with Gasteiger partial charge in [0, 0.05) is 28.8 Å². The number of aryl methyl sites for hydroxylation is 1. The Bertz CT molecular complexity index is 1750. The Morgan fingerprint density at radius 1 is 1.12 bits per heavy atom. The molecule has 2 N–H and O–H groups in total. The first kappa shape index (κ1) is 15.7. The number of aliphatic carboxylic acids is 1. The van der Waals surface area contributed by atoms with E-state index >= 15 is 0 Å². The van der Waals surface area contributed by atoms with Gasteiger partial charge in [-0.25, -0.2) is 4.98 Å². The molecule has 0 atom stereocenters. The van der Waals surface area contributed by atoms with Crippen LogP contribution in [0.25, 0.3) is 39.1 Å². The second-order valence-electron chi connectivity index (χ2n) is 8.64. The standard InChI is InChI=1S/C26H24N6O2/c1-15-22-23(17-7-9-18(10-8-17)26(33)34)29-24-20(14-28-32(24)25(22)31-30-15)19-11-12-21(27-13-19)16-5-3-2-4-6-16/h2-6,11-14,17-18H,7-10H2,1H3,(H,30,31)(H,33,34)/t17-,18-/i2D,3D,4D,5D,6D. The summed E-state index contributed by atoms with van der Waals surface area (Å²) in [6, 6.07) is 1.51. The van der Waals surface area contributed by atoms with E-state index in [-0.39, 0.29) is 35.2 Å². The van der Waals surface area contributed by atoms with Gasteiger partial charge in [0.1, 0.15) is 0 Å². The Kier molecular flexibility index (Phi) is 3.72. The number of carbonyl (C=O) groups is 1. The van der Waals surface area contributed by atoms with E-state index in [1.54, 1.807) is 29.0 Å². The van der Waals surface area contributed by atoms with Crippen LogP contribution in [0.3, 0.4) is 0 Å². The number of carboxylic acids is 1. The minimum absolute atomic E-state index is 0.0411. The number of hydrogen-bond donors (Lipinski definition) is 2. The number of aromatic nitrogens is 6. The number of fused-ring (bicyclic) bond motifs is 3. The molecule has 1 fully saturated rings. The van der Waals surface area contributed by atoms with Crippen molar-refractivity contribution in [2.24, 2.45) is 5.92 Å². The third-order valence-electron chi connectivity index (χ3n) is 6.66. The summed E-state index contributed by atoms with van der Waals surface area (Å²) in [6.45, 7) is 1.91. The van der Waals surface area contributed by atoms with Crippen molar-refractivity contribution >= 4 is 22.6 Å². The van der Waals surface area contributed by atoms with Gasteiger partial charge in [-0.05, 0) is 38.7 Å². The van der Waals surface area contributed by atoms with E-state index in [0.717, 1.165) is 29.6 Å². The van der Waals surface area contributed by atoms with Gasteiger partial charge in [0.05, 0.1) is 41.4 Å². The van der Waals surface area contributed by atoms with Crippen molar-refractivity contribution in [2.45, 2.75) is 38.5 Å². The van der Waals surface area contributed by atoms with Crippen molar-refractivity contribution in [3.63, 3.8) is 0 Å². The van der Waals surface area contributed by atoms with Gasteiger partial charge in [-0.1, -0.05) is 36.3 Å². The largest absolute Gasteiger partial charge is 0.481 e. The van der Waals surface area contributed by atoms with Crippen molar-refractivity contribution in [1.82, 2.24) is 29.8 Å². The minimum Gasteiger partial charge on any atom is -0.481 e. The summed E-state index contributed by atoms with van der Waals surface area (Å²) in [7, 11) is 0. The fraction of sp³-hybridized carbons (Fsp3) is 0.269. The Morgan fingerprint density at radius 3 is 2.62 bits per heavy atom. The summed E-state index contributed by atoms with van der Waals surface area (Å²) in [5.41, 5.74) is 4.70. The summed E-state index contributed by atoms with van der Waals surface area (Å²) in [4.78, 5) is 21.0. The summed E-state index contributed by atoms with van der Waals surface area (Å²) < 4.78 is 41.9. The average molecular weight is 458 g/mol. The third-order valence-corrected chi connectivity index (χ3v) is 6.66. The molecule has 8 nitrogen and oxygen atoms in total. The lowest BCUT2D eigenvalue weighted by atomic mass is 9.79. The second kappa shape index (κ2) is 8.06. The second-order valence-corrected chi connectivity index (χ2v) is 8.64. The number of nitrogens with zero attached hydrogens (tertiary/aromatic N) is 5. The maximum absolute atomic E-state index is 11.5. The zero-order chi connectivity index (χ0) is 27.6. The van der Waals surface area contributed by atoms with Gasteiger partial charge in [0.15, 0.2) is 11.3 Å². The smallest absolute Gasteiger partial charge is 0.306 e. The molecule has 0 aliphatic heterocycles. The summed E-state index contributed by atoms with van der Waals surface area (Å²) in [5, 5.41) is 22.3. The number of rotatable bonds is 4. The number of aromatic amines is 1. The molecule has 6 rings (SSSR count). The van der Waals surface area contributed by atoms with Gasteiger partial charge < -0.3 is 5.11 Å². The monoisotopic (exact) mass is 457 g/mol. The van der Waals surface area contributed by atoms with E-state index < -0.39 is 24.1 Å². The molecule has 1 aliphatic carbocycles. The van der Waals surface area contributed by atoms with E-state index in [1.807, 2.05) is 6.92 Å². The van der Waals surface area contributed by atoms with Crippen LogP contribution in [0.4, 0.5) is 0 Å². The fourth-order valence-corrected chi connectivity index (χ4v) is 4.86. The molecule has 0 spiro atoms. The van der Waals surface area contributed by atoms with Crippen molar-refractivity contribution in [3.8, 4) is 22.4 Å². The first-order valence-electron chi connectivity index (χ1n) is 13.7.